The van der Waals surface area contributed by atoms with E-state index in [0.29, 0.717) is 6.42 Å². The van der Waals surface area contributed by atoms with Crippen molar-refractivity contribution in [1.29, 1.82) is 0 Å². The molecule has 19 heavy (non-hydrogen) atoms. The molecule has 1 aromatic heterocycles. The zero-order valence-electron chi connectivity index (χ0n) is 11.0. The van der Waals surface area contributed by atoms with Gasteiger partial charge in [-0.1, -0.05) is 24.3 Å². The fourth-order valence-electron chi connectivity index (χ4n) is 2.50. The first-order valence-corrected chi connectivity index (χ1v) is 6.66. The molecule has 0 fully saturated rings. The summed E-state index contributed by atoms with van der Waals surface area (Å²) in [6.07, 6.45) is 4.87. The Labute approximate surface area is 112 Å². The number of carbonyl (C=O) groups is 1. The maximum atomic E-state index is 11.7. The molecule has 1 aliphatic carbocycles. The molecular formula is C16H16N2O. The van der Waals surface area contributed by atoms with Gasteiger partial charge in [0.15, 0.2) is 5.78 Å². The van der Waals surface area contributed by atoms with Crippen molar-refractivity contribution in [2.75, 3.05) is 0 Å². The Kier molecular flexibility index (Phi) is 3.11. The lowest BCUT2D eigenvalue weighted by atomic mass is 9.96. The van der Waals surface area contributed by atoms with Gasteiger partial charge in [-0.25, -0.2) is 9.97 Å². The molecule has 2 aromatic rings. The van der Waals surface area contributed by atoms with Gasteiger partial charge in [-0.15, -0.1) is 0 Å². The highest BCUT2D eigenvalue weighted by Gasteiger charge is 2.19. The van der Waals surface area contributed by atoms with Gasteiger partial charge < -0.3 is 0 Å². The summed E-state index contributed by atoms with van der Waals surface area (Å²) in [4.78, 5) is 20.6. The van der Waals surface area contributed by atoms with Crippen molar-refractivity contribution in [1.82, 2.24) is 9.97 Å². The summed E-state index contributed by atoms with van der Waals surface area (Å²) in [6, 6.07) is 8.26. The summed E-state index contributed by atoms with van der Waals surface area (Å²) < 4.78 is 0. The first-order chi connectivity index (χ1) is 9.24. The van der Waals surface area contributed by atoms with Gasteiger partial charge in [0.2, 0.25) is 0 Å². The number of nitrogens with zero attached hydrogens (tertiary/aromatic N) is 2. The molecule has 0 N–H and O–H groups in total. The Hall–Kier alpha value is -2.03. The Balaban J connectivity index is 1.91. The predicted octanol–water partition coefficient (Wildman–Crippen LogP) is 2.89. The highest BCUT2D eigenvalue weighted by Crippen LogP contribution is 2.19. The van der Waals surface area contributed by atoms with Gasteiger partial charge in [0.1, 0.15) is 5.82 Å². The van der Waals surface area contributed by atoms with Crippen LogP contribution in [-0.4, -0.2) is 15.8 Å². The van der Waals surface area contributed by atoms with Gasteiger partial charge in [0.25, 0.3) is 0 Å². The SMILES string of the molecule is Cc1ccccc1Cc1ncc2c(n1)CCCC2=O. The monoisotopic (exact) mass is 252 g/mol. The second-order valence-corrected chi connectivity index (χ2v) is 5.03. The number of carbonyl (C=O) groups excluding carboxylic acids is 1. The summed E-state index contributed by atoms with van der Waals surface area (Å²) in [7, 11) is 0. The Morgan fingerprint density at radius 1 is 1.21 bits per heavy atom. The second kappa shape index (κ2) is 4.92. The van der Waals surface area contributed by atoms with E-state index >= 15 is 0 Å². The number of rotatable bonds is 2. The summed E-state index contributed by atoms with van der Waals surface area (Å²) in [5.74, 6) is 0.992. The quantitative estimate of drug-likeness (QED) is 0.825. The van der Waals surface area contributed by atoms with Crippen LogP contribution in [0.4, 0.5) is 0 Å². The van der Waals surface area contributed by atoms with Crippen LogP contribution in [0.1, 0.15) is 45.8 Å². The fourth-order valence-corrected chi connectivity index (χ4v) is 2.50. The highest BCUT2D eigenvalue weighted by molar-refractivity contribution is 5.97. The number of aryl methyl sites for hydroxylation is 2. The number of ketones is 1. The van der Waals surface area contributed by atoms with E-state index in [4.69, 9.17) is 0 Å². The number of fused-ring (bicyclic) bond motifs is 1. The lowest BCUT2D eigenvalue weighted by Gasteiger charge is -2.14. The summed E-state index contributed by atoms with van der Waals surface area (Å²) in [6.45, 7) is 2.09. The van der Waals surface area contributed by atoms with E-state index in [9.17, 15) is 4.79 Å². The van der Waals surface area contributed by atoms with Crippen LogP contribution >= 0.6 is 0 Å². The van der Waals surface area contributed by atoms with Gasteiger partial charge >= 0.3 is 0 Å². The van der Waals surface area contributed by atoms with E-state index in [-0.39, 0.29) is 5.78 Å². The Morgan fingerprint density at radius 3 is 2.89 bits per heavy atom. The van der Waals surface area contributed by atoms with Crippen molar-refractivity contribution in [2.45, 2.75) is 32.6 Å². The first kappa shape index (κ1) is 12.0. The number of benzene rings is 1. The molecule has 0 spiro atoms. The smallest absolute Gasteiger partial charge is 0.166 e. The van der Waals surface area contributed by atoms with Crippen molar-refractivity contribution < 1.29 is 4.79 Å². The highest BCUT2D eigenvalue weighted by atomic mass is 16.1. The number of aromatic nitrogens is 2. The van der Waals surface area contributed by atoms with E-state index in [1.807, 2.05) is 12.1 Å². The van der Waals surface area contributed by atoms with Crippen LogP contribution in [0.25, 0.3) is 0 Å². The number of hydrogen-bond acceptors (Lipinski definition) is 3. The summed E-state index contributed by atoms with van der Waals surface area (Å²) in [5, 5.41) is 0. The lowest BCUT2D eigenvalue weighted by Crippen LogP contribution is -2.15. The lowest BCUT2D eigenvalue weighted by molar-refractivity contribution is 0.0971. The third kappa shape index (κ3) is 2.41. The van der Waals surface area contributed by atoms with E-state index in [0.717, 1.165) is 36.3 Å². The molecule has 0 atom stereocenters. The number of hydrogen-bond donors (Lipinski definition) is 0. The average Bonchev–Trinajstić information content (AvgIpc) is 2.42. The summed E-state index contributed by atoms with van der Waals surface area (Å²) in [5.41, 5.74) is 4.14. The zero-order chi connectivity index (χ0) is 13.2. The van der Waals surface area contributed by atoms with Crippen LogP contribution in [0.2, 0.25) is 0 Å². The van der Waals surface area contributed by atoms with Crippen molar-refractivity contribution >= 4 is 5.78 Å². The third-order valence-electron chi connectivity index (χ3n) is 3.65. The molecule has 0 unspecified atom stereocenters. The van der Waals surface area contributed by atoms with Crippen molar-refractivity contribution in [3.63, 3.8) is 0 Å². The summed E-state index contributed by atoms with van der Waals surface area (Å²) >= 11 is 0. The van der Waals surface area contributed by atoms with E-state index in [2.05, 4.69) is 29.0 Å². The molecule has 3 rings (SSSR count). The average molecular weight is 252 g/mol. The van der Waals surface area contributed by atoms with Crippen LogP contribution in [0.3, 0.4) is 0 Å². The van der Waals surface area contributed by atoms with E-state index in [1.54, 1.807) is 6.20 Å². The van der Waals surface area contributed by atoms with Gasteiger partial charge in [-0.05, 0) is 30.9 Å². The molecule has 0 bridgehead atoms. The molecule has 1 aliphatic rings. The molecule has 0 amide bonds. The predicted molar refractivity (Wildman–Crippen MR) is 73.3 cm³/mol. The Bertz CT molecular complexity index is 634. The van der Waals surface area contributed by atoms with E-state index in [1.165, 1.54) is 11.1 Å². The molecule has 96 valence electrons. The molecular weight excluding hydrogens is 236 g/mol. The maximum absolute atomic E-state index is 11.7. The minimum Gasteiger partial charge on any atom is -0.294 e. The largest absolute Gasteiger partial charge is 0.294 e. The van der Waals surface area contributed by atoms with Crippen LogP contribution in [0.15, 0.2) is 30.5 Å². The molecule has 3 nitrogen and oxygen atoms in total. The van der Waals surface area contributed by atoms with Crippen molar-refractivity contribution in [3.8, 4) is 0 Å². The minimum absolute atomic E-state index is 0.184. The molecule has 0 saturated heterocycles. The minimum atomic E-state index is 0.184. The standard InChI is InChI=1S/C16H16N2O/c1-11-5-2-3-6-12(11)9-16-17-10-13-14(18-16)7-4-8-15(13)19/h2-3,5-6,10H,4,7-9H2,1H3. The fraction of sp³-hybridized carbons (Fsp3) is 0.312. The Morgan fingerprint density at radius 2 is 2.05 bits per heavy atom. The molecule has 1 aromatic carbocycles. The van der Waals surface area contributed by atoms with Crippen LogP contribution < -0.4 is 0 Å². The van der Waals surface area contributed by atoms with Crippen LogP contribution in [0, 0.1) is 6.92 Å². The second-order valence-electron chi connectivity index (χ2n) is 5.03. The maximum Gasteiger partial charge on any atom is 0.166 e. The van der Waals surface area contributed by atoms with Gasteiger partial charge in [-0.2, -0.15) is 0 Å². The number of Topliss-reactive ketones (excluding diaryl/α,β-unsaturated/α-hetero) is 1. The molecule has 0 saturated carbocycles. The zero-order valence-corrected chi connectivity index (χ0v) is 11.0. The normalized spacial score (nSPS) is 14.3. The van der Waals surface area contributed by atoms with Gasteiger partial charge in [0, 0.05) is 19.0 Å². The van der Waals surface area contributed by atoms with Crippen molar-refractivity contribution in [3.05, 3.63) is 58.7 Å². The van der Waals surface area contributed by atoms with Crippen LogP contribution in [0.5, 0.6) is 0 Å². The van der Waals surface area contributed by atoms with Crippen LogP contribution in [-0.2, 0) is 12.8 Å². The molecule has 1 heterocycles. The first-order valence-electron chi connectivity index (χ1n) is 6.66. The molecule has 0 radical (unpaired) electrons. The third-order valence-corrected chi connectivity index (χ3v) is 3.65. The topological polar surface area (TPSA) is 42.9 Å². The van der Waals surface area contributed by atoms with Gasteiger partial charge in [0.05, 0.1) is 11.3 Å². The van der Waals surface area contributed by atoms with E-state index < -0.39 is 0 Å². The van der Waals surface area contributed by atoms with Gasteiger partial charge in [-0.3, -0.25) is 4.79 Å². The molecule has 3 heteroatoms. The molecule has 0 aliphatic heterocycles. The van der Waals surface area contributed by atoms with Crippen molar-refractivity contribution in [2.24, 2.45) is 0 Å².